The fourth-order valence-electron chi connectivity index (χ4n) is 2.52. The molecule has 8 heteroatoms. The number of hydrogen-bond donors (Lipinski definition) is 2. The van der Waals surface area contributed by atoms with Crippen LogP contribution in [-0.4, -0.2) is 9.97 Å². The van der Waals surface area contributed by atoms with Crippen LogP contribution in [0.25, 0.3) is 10.9 Å². The molecule has 0 spiro atoms. The molecule has 0 fully saturated rings. The van der Waals surface area contributed by atoms with Crippen LogP contribution in [-0.2, 0) is 6.18 Å². The van der Waals surface area contributed by atoms with Gasteiger partial charge in [0.05, 0.1) is 16.5 Å². The standard InChI is InChI=1S/C17H15F3N4O/c1-9(10-4-2-5-11(8-10)17(18,19)20)25-13-7-3-6-12-14(13)15(21)24-16(22)23-12/h2-9H,1H3,(H4,21,22,23,24). The summed E-state index contributed by atoms with van der Waals surface area (Å²) in [6.07, 6.45) is -5.05. The second-order valence-electron chi connectivity index (χ2n) is 5.50. The van der Waals surface area contributed by atoms with Crippen molar-refractivity contribution in [3.05, 3.63) is 53.6 Å². The molecule has 0 aliphatic rings. The highest BCUT2D eigenvalue weighted by Gasteiger charge is 2.30. The number of aromatic nitrogens is 2. The number of ether oxygens (including phenoxy) is 1. The Hall–Kier alpha value is -3.03. The van der Waals surface area contributed by atoms with Gasteiger partial charge in [-0.2, -0.15) is 18.2 Å². The highest BCUT2D eigenvalue weighted by molar-refractivity contribution is 5.94. The number of halogens is 3. The zero-order valence-corrected chi connectivity index (χ0v) is 13.2. The zero-order valence-electron chi connectivity index (χ0n) is 13.2. The maximum absolute atomic E-state index is 12.9. The third-order valence-corrected chi connectivity index (χ3v) is 3.72. The van der Waals surface area contributed by atoms with E-state index in [1.54, 1.807) is 31.2 Å². The lowest BCUT2D eigenvalue weighted by molar-refractivity contribution is -0.137. The third-order valence-electron chi connectivity index (χ3n) is 3.72. The van der Waals surface area contributed by atoms with Gasteiger partial charge < -0.3 is 16.2 Å². The minimum Gasteiger partial charge on any atom is -0.485 e. The van der Waals surface area contributed by atoms with Crippen molar-refractivity contribution in [2.24, 2.45) is 0 Å². The first kappa shape index (κ1) is 16.8. The quantitative estimate of drug-likeness (QED) is 0.748. The molecule has 25 heavy (non-hydrogen) atoms. The number of nitrogens with zero attached hydrogens (tertiary/aromatic N) is 2. The summed E-state index contributed by atoms with van der Waals surface area (Å²) in [5, 5.41) is 0.468. The van der Waals surface area contributed by atoms with Crippen molar-refractivity contribution in [3.8, 4) is 5.75 Å². The smallest absolute Gasteiger partial charge is 0.416 e. The number of nitrogens with two attached hydrogens (primary N) is 2. The van der Waals surface area contributed by atoms with Gasteiger partial charge in [0.2, 0.25) is 5.95 Å². The van der Waals surface area contributed by atoms with Crippen molar-refractivity contribution < 1.29 is 17.9 Å². The summed E-state index contributed by atoms with van der Waals surface area (Å²) in [4.78, 5) is 7.99. The van der Waals surface area contributed by atoms with Gasteiger partial charge in [0.1, 0.15) is 17.7 Å². The molecule has 1 unspecified atom stereocenters. The fraction of sp³-hybridized carbons (Fsp3) is 0.176. The molecule has 0 amide bonds. The van der Waals surface area contributed by atoms with Gasteiger partial charge in [0.15, 0.2) is 0 Å². The van der Waals surface area contributed by atoms with Crippen LogP contribution in [0.2, 0.25) is 0 Å². The largest absolute Gasteiger partial charge is 0.485 e. The monoisotopic (exact) mass is 348 g/mol. The lowest BCUT2D eigenvalue weighted by Crippen LogP contribution is -2.09. The zero-order chi connectivity index (χ0) is 18.2. The number of benzene rings is 2. The summed E-state index contributed by atoms with van der Waals surface area (Å²) in [5.41, 5.74) is 11.6. The topological polar surface area (TPSA) is 87.0 Å². The van der Waals surface area contributed by atoms with Gasteiger partial charge >= 0.3 is 6.18 Å². The highest BCUT2D eigenvalue weighted by Crippen LogP contribution is 2.34. The van der Waals surface area contributed by atoms with E-state index in [1.165, 1.54) is 6.07 Å². The maximum atomic E-state index is 12.9. The molecule has 4 N–H and O–H groups in total. The van der Waals surface area contributed by atoms with E-state index in [-0.39, 0.29) is 11.8 Å². The molecule has 0 saturated carbocycles. The van der Waals surface area contributed by atoms with E-state index < -0.39 is 17.8 Å². The summed E-state index contributed by atoms with van der Waals surface area (Å²) >= 11 is 0. The fourth-order valence-corrected chi connectivity index (χ4v) is 2.52. The summed E-state index contributed by atoms with van der Waals surface area (Å²) in [7, 11) is 0. The molecule has 1 atom stereocenters. The third kappa shape index (κ3) is 3.42. The van der Waals surface area contributed by atoms with Gasteiger partial charge in [-0.25, -0.2) is 4.98 Å². The van der Waals surface area contributed by atoms with Crippen LogP contribution < -0.4 is 16.2 Å². The molecule has 3 rings (SSSR count). The Morgan fingerprint density at radius 3 is 2.48 bits per heavy atom. The van der Waals surface area contributed by atoms with Gasteiger partial charge in [0.25, 0.3) is 0 Å². The van der Waals surface area contributed by atoms with Gasteiger partial charge in [-0.1, -0.05) is 18.2 Å². The summed E-state index contributed by atoms with van der Waals surface area (Å²) < 4.78 is 44.4. The van der Waals surface area contributed by atoms with Crippen molar-refractivity contribution in [2.75, 3.05) is 11.5 Å². The Kier molecular flexibility index (Phi) is 4.12. The average Bonchev–Trinajstić information content (AvgIpc) is 2.53. The molecule has 5 nitrogen and oxygen atoms in total. The average molecular weight is 348 g/mol. The molecule has 0 radical (unpaired) electrons. The number of alkyl halides is 3. The van der Waals surface area contributed by atoms with E-state index in [1.807, 2.05) is 0 Å². The van der Waals surface area contributed by atoms with Crippen molar-refractivity contribution >= 4 is 22.7 Å². The predicted octanol–water partition coefficient (Wildman–Crippen LogP) is 3.95. The molecule has 0 aliphatic heterocycles. The first-order valence-corrected chi connectivity index (χ1v) is 7.41. The van der Waals surface area contributed by atoms with Crippen LogP contribution >= 0.6 is 0 Å². The molecule has 2 aromatic carbocycles. The summed E-state index contributed by atoms with van der Waals surface area (Å²) in [6, 6.07) is 10.1. The maximum Gasteiger partial charge on any atom is 0.416 e. The number of anilines is 2. The van der Waals surface area contributed by atoms with Crippen LogP contribution in [0.3, 0.4) is 0 Å². The molecule has 0 aliphatic carbocycles. The van der Waals surface area contributed by atoms with Gasteiger partial charge in [-0.15, -0.1) is 0 Å². The normalized spacial score (nSPS) is 13.0. The Morgan fingerprint density at radius 1 is 1.04 bits per heavy atom. The Balaban J connectivity index is 1.97. The van der Waals surface area contributed by atoms with Crippen LogP contribution in [0.4, 0.5) is 24.9 Å². The van der Waals surface area contributed by atoms with Crippen LogP contribution in [0, 0.1) is 0 Å². The van der Waals surface area contributed by atoms with Crippen LogP contribution in [0.5, 0.6) is 5.75 Å². The van der Waals surface area contributed by atoms with E-state index in [2.05, 4.69) is 9.97 Å². The molecule has 0 saturated heterocycles. The second kappa shape index (κ2) is 6.12. The molecule has 0 bridgehead atoms. The minimum atomic E-state index is -4.41. The van der Waals surface area contributed by atoms with Gasteiger partial charge in [0, 0.05) is 0 Å². The van der Waals surface area contributed by atoms with Crippen molar-refractivity contribution in [1.29, 1.82) is 0 Å². The number of fused-ring (bicyclic) bond motifs is 1. The second-order valence-corrected chi connectivity index (χ2v) is 5.50. The predicted molar refractivity (Wildman–Crippen MR) is 88.8 cm³/mol. The lowest BCUT2D eigenvalue weighted by atomic mass is 10.1. The van der Waals surface area contributed by atoms with E-state index >= 15 is 0 Å². The van der Waals surface area contributed by atoms with Crippen molar-refractivity contribution in [3.63, 3.8) is 0 Å². The van der Waals surface area contributed by atoms with Gasteiger partial charge in [-0.05, 0) is 36.8 Å². The molecule has 3 aromatic rings. The highest BCUT2D eigenvalue weighted by atomic mass is 19.4. The molecule has 1 aromatic heterocycles. The molecule has 1 heterocycles. The number of nitrogen functional groups attached to an aromatic ring is 2. The Labute approximate surface area is 141 Å². The van der Waals surface area contributed by atoms with E-state index in [0.717, 1.165) is 12.1 Å². The van der Waals surface area contributed by atoms with E-state index in [9.17, 15) is 13.2 Å². The summed E-state index contributed by atoms with van der Waals surface area (Å²) in [6.45, 7) is 1.66. The van der Waals surface area contributed by atoms with E-state index in [4.69, 9.17) is 16.2 Å². The molecular formula is C17H15F3N4O. The van der Waals surface area contributed by atoms with Crippen molar-refractivity contribution in [2.45, 2.75) is 19.2 Å². The van der Waals surface area contributed by atoms with E-state index in [0.29, 0.717) is 22.2 Å². The SMILES string of the molecule is CC(Oc1cccc2nc(N)nc(N)c12)c1cccc(C(F)(F)F)c1. The van der Waals surface area contributed by atoms with Gasteiger partial charge in [-0.3, -0.25) is 0 Å². The first-order valence-electron chi connectivity index (χ1n) is 7.41. The first-order chi connectivity index (χ1) is 11.8. The summed E-state index contributed by atoms with van der Waals surface area (Å²) in [5.74, 6) is 0.558. The molecular weight excluding hydrogens is 333 g/mol. The number of rotatable bonds is 3. The molecule has 130 valence electrons. The minimum absolute atomic E-state index is 0.0353. The lowest BCUT2D eigenvalue weighted by Gasteiger charge is -2.18. The van der Waals surface area contributed by atoms with Crippen LogP contribution in [0.1, 0.15) is 24.2 Å². The van der Waals surface area contributed by atoms with Crippen LogP contribution in [0.15, 0.2) is 42.5 Å². The number of hydrogen-bond acceptors (Lipinski definition) is 5. The Bertz CT molecular complexity index is 927. The Morgan fingerprint density at radius 2 is 1.76 bits per heavy atom. The van der Waals surface area contributed by atoms with Crippen molar-refractivity contribution in [1.82, 2.24) is 9.97 Å².